The Morgan fingerprint density at radius 3 is 2.28 bits per heavy atom. The van der Waals surface area contributed by atoms with Gasteiger partial charge in [0.15, 0.2) is 12.6 Å². The minimum atomic E-state index is -1.74. The number of hydrogen-bond donors (Lipinski definition) is 5. The van der Waals surface area contributed by atoms with Crippen LogP contribution in [0.3, 0.4) is 0 Å². The summed E-state index contributed by atoms with van der Waals surface area (Å²) in [5, 5.41) is 46.4. The Labute approximate surface area is 104 Å². The lowest BCUT2D eigenvalue weighted by Gasteiger charge is -2.42. The topological polar surface area (TPSA) is 129 Å². The summed E-state index contributed by atoms with van der Waals surface area (Å²) in [7, 11) is 1.31. The first-order valence-electron chi connectivity index (χ1n) is 5.59. The first kappa shape index (κ1) is 15.7. The van der Waals surface area contributed by atoms with Crippen molar-refractivity contribution in [2.75, 3.05) is 13.7 Å². The predicted octanol–water partition coefficient (Wildman–Crippen LogP) is -2.84. The van der Waals surface area contributed by atoms with Crippen LogP contribution in [-0.2, 0) is 14.2 Å². The first-order valence-corrected chi connectivity index (χ1v) is 5.59. The maximum Gasteiger partial charge on any atom is 0.187 e. The van der Waals surface area contributed by atoms with E-state index in [4.69, 9.17) is 29.5 Å². The van der Waals surface area contributed by atoms with E-state index in [1.807, 2.05) is 0 Å². The van der Waals surface area contributed by atoms with Crippen molar-refractivity contribution in [2.45, 2.75) is 50.0 Å². The van der Waals surface area contributed by atoms with E-state index in [0.717, 1.165) is 0 Å². The molecule has 1 aliphatic rings. The number of rotatable bonds is 5. The minimum Gasteiger partial charge on any atom is -0.394 e. The quantitative estimate of drug-likeness (QED) is 0.337. The lowest BCUT2D eigenvalue weighted by molar-refractivity contribution is -0.325. The van der Waals surface area contributed by atoms with Crippen molar-refractivity contribution >= 4 is 0 Å². The molecule has 0 aromatic rings. The van der Waals surface area contributed by atoms with E-state index in [0.29, 0.717) is 0 Å². The largest absolute Gasteiger partial charge is 0.394 e. The maximum absolute atomic E-state index is 9.79. The highest BCUT2D eigenvalue weighted by Crippen LogP contribution is 2.24. The van der Waals surface area contributed by atoms with Crippen LogP contribution < -0.4 is 0 Å². The lowest BCUT2D eigenvalue weighted by Crippen LogP contribution is -2.60. The molecule has 18 heavy (non-hydrogen) atoms. The highest BCUT2D eigenvalue weighted by molar-refractivity contribution is 4.90. The van der Waals surface area contributed by atoms with E-state index >= 15 is 0 Å². The van der Waals surface area contributed by atoms with Gasteiger partial charge in [-0.15, -0.1) is 0 Å². The molecule has 0 bridgehead atoms. The summed E-state index contributed by atoms with van der Waals surface area (Å²) in [4.78, 5) is 0. The second kappa shape index (κ2) is 6.73. The van der Waals surface area contributed by atoms with E-state index in [1.54, 1.807) is 0 Å². The molecule has 1 heterocycles. The number of hydrogen-bond acceptors (Lipinski definition) is 8. The second-order valence-electron chi connectivity index (χ2n) is 4.16. The van der Waals surface area contributed by atoms with Crippen LogP contribution >= 0.6 is 0 Å². The van der Waals surface area contributed by atoms with Gasteiger partial charge in [0.2, 0.25) is 0 Å². The van der Waals surface area contributed by atoms with E-state index in [-0.39, 0.29) is 0 Å². The highest BCUT2D eigenvalue weighted by Gasteiger charge is 2.45. The molecular weight excluding hydrogens is 248 g/mol. The van der Waals surface area contributed by atoms with Gasteiger partial charge in [-0.1, -0.05) is 0 Å². The summed E-state index contributed by atoms with van der Waals surface area (Å²) in [6.45, 7) is 0.932. The number of ether oxygens (including phenoxy) is 3. The van der Waals surface area contributed by atoms with Crippen molar-refractivity contribution in [3.63, 3.8) is 0 Å². The van der Waals surface area contributed by atoms with Crippen LogP contribution in [0.5, 0.6) is 0 Å². The second-order valence-corrected chi connectivity index (χ2v) is 4.16. The molecule has 1 rings (SSSR count). The van der Waals surface area contributed by atoms with Crippen LogP contribution in [0, 0.1) is 0 Å². The third-order valence-electron chi connectivity index (χ3n) is 2.86. The smallest absolute Gasteiger partial charge is 0.187 e. The third kappa shape index (κ3) is 3.37. The van der Waals surface area contributed by atoms with Gasteiger partial charge in [-0.2, -0.15) is 0 Å². The molecule has 8 nitrogen and oxygen atoms in total. The average Bonchev–Trinajstić information content (AvgIpc) is 2.34. The molecule has 0 radical (unpaired) electrons. The van der Waals surface area contributed by atoms with Crippen LogP contribution in [0.25, 0.3) is 0 Å². The number of aliphatic hydroxyl groups is 5. The SMILES string of the molecule is CO[C@@H]1C(CO)O[C@@H](O[C@@H](C)C(O)O)C(O)C1O. The van der Waals surface area contributed by atoms with Gasteiger partial charge in [0, 0.05) is 7.11 Å². The summed E-state index contributed by atoms with van der Waals surface area (Å²) in [5.41, 5.74) is 0. The summed E-state index contributed by atoms with van der Waals surface area (Å²) in [6, 6.07) is 0. The molecule has 8 heteroatoms. The van der Waals surface area contributed by atoms with Gasteiger partial charge < -0.3 is 39.7 Å². The van der Waals surface area contributed by atoms with Gasteiger partial charge in [-0.3, -0.25) is 0 Å². The molecule has 0 aromatic carbocycles. The van der Waals surface area contributed by atoms with E-state index in [1.165, 1.54) is 14.0 Å². The molecule has 0 saturated carbocycles. The summed E-state index contributed by atoms with van der Waals surface area (Å²) in [6.07, 6.45) is -8.53. The van der Waals surface area contributed by atoms with Crippen molar-refractivity contribution < 1.29 is 39.7 Å². The zero-order valence-corrected chi connectivity index (χ0v) is 10.2. The van der Waals surface area contributed by atoms with Crippen LogP contribution in [0.15, 0.2) is 0 Å². The van der Waals surface area contributed by atoms with E-state index in [2.05, 4.69) is 0 Å². The van der Waals surface area contributed by atoms with Crippen LogP contribution in [-0.4, -0.2) is 82.3 Å². The Kier molecular flexibility index (Phi) is 5.89. The molecule has 5 N–H and O–H groups in total. The Morgan fingerprint density at radius 1 is 1.22 bits per heavy atom. The molecule has 0 amide bonds. The van der Waals surface area contributed by atoms with E-state index < -0.39 is 49.7 Å². The van der Waals surface area contributed by atoms with Gasteiger partial charge in [0.05, 0.1) is 6.61 Å². The highest BCUT2D eigenvalue weighted by atomic mass is 16.7. The van der Waals surface area contributed by atoms with Gasteiger partial charge in [0.1, 0.15) is 30.5 Å². The molecule has 0 spiro atoms. The van der Waals surface area contributed by atoms with Gasteiger partial charge in [-0.05, 0) is 6.92 Å². The average molecular weight is 268 g/mol. The lowest BCUT2D eigenvalue weighted by atomic mass is 9.99. The van der Waals surface area contributed by atoms with Crippen molar-refractivity contribution in [1.82, 2.24) is 0 Å². The van der Waals surface area contributed by atoms with Crippen LogP contribution in [0.2, 0.25) is 0 Å². The minimum absolute atomic E-state index is 0.432. The Hall–Kier alpha value is -0.320. The standard InChI is InChI=1S/C10H20O8/c1-4(9(14)15)17-10-7(13)6(12)8(16-2)5(3-11)18-10/h4-15H,3H2,1-2H3/t4-,5?,6?,7?,8+,10+/m0/s1. The molecule has 6 atom stereocenters. The van der Waals surface area contributed by atoms with Crippen molar-refractivity contribution in [2.24, 2.45) is 0 Å². The third-order valence-corrected chi connectivity index (χ3v) is 2.86. The molecule has 108 valence electrons. The van der Waals surface area contributed by atoms with Crippen molar-refractivity contribution in [3.05, 3.63) is 0 Å². The maximum atomic E-state index is 9.79. The molecule has 1 saturated heterocycles. The van der Waals surface area contributed by atoms with E-state index in [9.17, 15) is 10.2 Å². The van der Waals surface area contributed by atoms with Crippen molar-refractivity contribution in [1.29, 1.82) is 0 Å². The Morgan fingerprint density at radius 2 is 1.83 bits per heavy atom. The molecular formula is C10H20O8. The monoisotopic (exact) mass is 268 g/mol. The zero-order chi connectivity index (χ0) is 13.9. The molecule has 1 fully saturated rings. The fourth-order valence-electron chi connectivity index (χ4n) is 1.74. The normalized spacial score (nSPS) is 39.0. The zero-order valence-electron chi connectivity index (χ0n) is 10.2. The Bertz CT molecular complexity index is 246. The summed E-state index contributed by atoms with van der Waals surface area (Å²) in [5.74, 6) is 0. The molecule has 0 aromatic heterocycles. The molecule has 0 aliphatic carbocycles. The van der Waals surface area contributed by atoms with Gasteiger partial charge >= 0.3 is 0 Å². The first-order chi connectivity index (χ1) is 8.42. The van der Waals surface area contributed by atoms with Gasteiger partial charge in [0.25, 0.3) is 0 Å². The number of methoxy groups -OCH3 is 1. The fraction of sp³-hybridized carbons (Fsp3) is 1.00. The number of aliphatic hydroxyl groups excluding tert-OH is 4. The summed E-state index contributed by atoms with van der Waals surface area (Å²) >= 11 is 0. The molecule has 1 aliphatic heterocycles. The molecule has 3 unspecified atom stereocenters. The fourth-order valence-corrected chi connectivity index (χ4v) is 1.74. The Balaban J connectivity index is 2.70. The predicted molar refractivity (Wildman–Crippen MR) is 57.3 cm³/mol. The van der Waals surface area contributed by atoms with Gasteiger partial charge in [-0.25, -0.2) is 0 Å². The van der Waals surface area contributed by atoms with Crippen molar-refractivity contribution in [3.8, 4) is 0 Å². The summed E-state index contributed by atoms with van der Waals surface area (Å²) < 4.78 is 15.2. The van der Waals surface area contributed by atoms with Crippen LogP contribution in [0.1, 0.15) is 6.92 Å². The van der Waals surface area contributed by atoms with Crippen LogP contribution in [0.4, 0.5) is 0 Å².